The second-order valence-electron chi connectivity index (χ2n) is 1.59. The van der Waals surface area contributed by atoms with Crippen molar-refractivity contribution in [2.75, 3.05) is 12.3 Å². The van der Waals surface area contributed by atoms with E-state index in [0.717, 1.165) is 0 Å². The number of hydrogen-bond donors (Lipinski definition) is 2. The van der Waals surface area contributed by atoms with Gasteiger partial charge in [0, 0.05) is 0 Å². The molecule has 1 aromatic heterocycles. The number of hydrogen-bond acceptors (Lipinski definition) is 4. The lowest BCUT2D eigenvalue weighted by Crippen LogP contribution is -2.05. The molecular weight excluding hydrogens is 120 g/mol. The molecule has 0 fully saturated rings. The first-order valence-corrected chi connectivity index (χ1v) is 2.59. The van der Waals surface area contributed by atoms with E-state index in [2.05, 4.69) is 10.2 Å². The quantitative estimate of drug-likeness (QED) is 0.527. The van der Waals surface area contributed by atoms with Crippen LogP contribution in [0.15, 0.2) is 6.20 Å². The van der Waals surface area contributed by atoms with Crippen LogP contribution in [0, 0.1) is 0 Å². The maximum absolute atomic E-state index is 8.39. The molecular formula is C4H8N4O. The Kier molecular flexibility index (Phi) is 1.64. The molecule has 1 aromatic rings. The molecule has 5 heteroatoms. The van der Waals surface area contributed by atoms with Gasteiger partial charge in [0.1, 0.15) is 0 Å². The molecule has 0 radical (unpaired) electrons. The van der Waals surface area contributed by atoms with Gasteiger partial charge in [0.15, 0.2) is 5.82 Å². The highest BCUT2D eigenvalue weighted by atomic mass is 16.3. The van der Waals surface area contributed by atoms with Gasteiger partial charge < -0.3 is 10.8 Å². The summed E-state index contributed by atoms with van der Waals surface area (Å²) in [6, 6.07) is 0. The number of aliphatic hydroxyl groups excluding tert-OH is 1. The highest BCUT2D eigenvalue weighted by molar-refractivity contribution is 5.19. The molecule has 9 heavy (non-hydrogen) atoms. The topological polar surface area (TPSA) is 77.0 Å². The van der Waals surface area contributed by atoms with Crippen molar-refractivity contribution in [2.45, 2.75) is 6.54 Å². The van der Waals surface area contributed by atoms with Crippen molar-refractivity contribution in [1.82, 2.24) is 15.0 Å². The molecule has 3 N–H and O–H groups in total. The molecule has 0 atom stereocenters. The monoisotopic (exact) mass is 128 g/mol. The van der Waals surface area contributed by atoms with Crippen LogP contribution >= 0.6 is 0 Å². The maximum atomic E-state index is 8.39. The van der Waals surface area contributed by atoms with E-state index in [4.69, 9.17) is 10.8 Å². The second kappa shape index (κ2) is 2.45. The van der Waals surface area contributed by atoms with Gasteiger partial charge in [-0.05, 0) is 0 Å². The van der Waals surface area contributed by atoms with Crippen LogP contribution in [0.4, 0.5) is 5.82 Å². The number of aromatic nitrogens is 3. The Morgan fingerprint density at radius 2 is 2.56 bits per heavy atom. The number of nitrogens with two attached hydrogens (primary N) is 1. The minimum Gasteiger partial charge on any atom is -0.394 e. The number of rotatable bonds is 2. The van der Waals surface area contributed by atoms with Gasteiger partial charge >= 0.3 is 0 Å². The van der Waals surface area contributed by atoms with Crippen molar-refractivity contribution in [3.8, 4) is 0 Å². The van der Waals surface area contributed by atoms with Crippen molar-refractivity contribution in [1.29, 1.82) is 0 Å². The Morgan fingerprint density at radius 1 is 1.78 bits per heavy atom. The molecule has 0 aromatic carbocycles. The normalized spacial score (nSPS) is 9.89. The van der Waals surface area contributed by atoms with Crippen molar-refractivity contribution in [2.24, 2.45) is 0 Å². The van der Waals surface area contributed by atoms with E-state index in [1.807, 2.05) is 0 Å². The van der Waals surface area contributed by atoms with Crippen molar-refractivity contribution >= 4 is 5.82 Å². The molecule has 0 bridgehead atoms. The first-order valence-electron chi connectivity index (χ1n) is 2.59. The zero-order chi connectivity index (χ0) is 6.69. The Bertz CT molecular complexity index is 184. The Morgan fingerprint density at radius 3 is 3.00 bits per heavy atom. The molecule has 50 valence electrons. The number of anilines is 1. The molecule has 1 rings (SSSR count). The van der Waals surface area contributed by atoms with Crippen molar-refractivity contribution < 1.29 is 5.11 Å². The standard InChI is InChI=1S/C4H8N4O/c5-4-3-6-8(7-4)1-2-9/h3,9H,1-2H2,(H2,5,7). The van der Waals surface area contributed by atoms with Gasteiger partial charge in [0.2, 0.25) is 0 Å². The van der Waals surface area contributed by atoms with Gasteiger partial charge in [0.05, 0.1) is 19.3 Å². The van der Waals surface area contributed by atoms with Gasteiger partial charge in [-0.15, -0.1) is 5.10 Å². The highest BCUT2D eigenvalue weighted by Gasteiger charge is 1.91. The van der Waals surface area contributed by atoms with E-state index >= 15 is 0 Å². The third-order valence-electron chi connectivity index (χ3n) is 0.854. The molecule has 5 nitrogen and oxygen atoms in total. The predicted octanol–water partition coefficient (Wildman–Crippen LogP) is -1.15. The van der Waals surface area contributed by atoms with Gasteiger partial charge in [-0.25, -0.2) is 0 Å². The van der Waals surface area contributed by atoms with E-state index in [9.17, 15) is 0 Å². The summed E-state index contributed by atoms with van der Waals surface area (Å²) in [6.45, 7) is 0.436. The van der Waals surface area contributed by atoms with Crippen LogP contribution in [0.25, 0.3) is 0 Å². The van der Waals surface area contributed by atoms with Crippen LogP contribution in [0.3, 0.4) is 0 Å². The average Bonchev–Trinajstić information content (AvgIpc) is 2.17. The number of nitrogen functional groups attached to an aromatic ring is 1. The predicted molar refractivity (Wildman–Crippen MR) is 31.5 cm³/mol. The van der Waals surface area contributed by atoms with E-state index in [0.29, 0.717) is 12.4 Å². The van der Waals surface area contributed by atoms with Gasteiger partial charge in [-0.1, -0.05) is 0 Å². The molecule has 0 aliphatic heterocycles. The minimum atomic E-state index is 0.0358. The third-order valence-corrected chi connectivity index (χ3v) is 0.854. The Balaban J connectivity index is 2.61. The summed E-state index contributed by atoms with van der Waals surface area (Å²) in [6.07, 6.45) is 1.44. The maximum Gasteiger partial charge on any atom is 0.165 e. The minimum absolute atomic E-state index is 0.0358. The molecule has 0 spiro atoms. The van der Waals surface area contributed by atoms with Crippen LogP contribution in [-0.2, 0) is 6.54 Å². The van der Waals surface area contributed by atoms with Crippen LogP contribution in [0.5, 0.6) is 0 Å². The van der Waals surface area contributed by atoms with Gasteiger partial charge in [0.25, 0.3) is 0 Å². The van der Waals surface area contributed by atoms with Crippen LogP contribution in [-0.4, -0.2) is 26.7 Å². The third kappa shape index (κ3) is 1.39. The molecule has 1 heterocycles. The smallest absolute Gasteiger partial charge is 0.165 e. The summed E-state index contributed by atoms with van der Waals surface area (Å²) in [5.41, 5.74) is 5.23. The molecule has 0 unspecified atom stereocenters. The Hall–Kier alpha value is -1.10. The summed E-state index contributed by atoms with van der Waals surface area (Å²) >= 11 is 0. The first-order chi connectivity index (χ1) is 4.33. The zero-order valence-corrected chi connectivity index (χ0v) is 4.86. The fourth-order valence-electron chi connectivity index (χ4n) is 0.508. The second-order valence-corrected chi connectivity index (χ2v) is 1.59. The summed E-state index contributed by atoms with van der Waals surface area (Å²) in [7, 11) is 0. The van der Waals surface area contributed by atoms with E-state index in [1.54, 1.807) is 0 Å². The molecule has 0 amide bonds. The lowest BCUT2D eigenvalue weighted by atomic mass is 10.7. The fourth-order valence-corrected chi connectivity index (χ4v) is 0.508. The van der Waals surface area contributed by atoms with E-state index in [-0.39, 0.29) is 6.61 Å². The van der Waals surface area contributed by atoms with Crippen LogP contribution in [0.2, 0.25) is 0 Å². The van der Waals surface area contributed by atoms with Crippen LogP contribution < -0.4 is 5.73 Å². The lowest BCUT2D eigenvalue weighted by Gasteiger charge is -1.90. The van der Waals surface area contributed by atoms with Gasteiger partial charge in [-0.3, -0.25) is 0 Å². The molecule has 0 saturated carbocycles. The summed E-state index contributed by atoms with van der Waals surface area (Å²) in [4.78, 5) is 1.34. The largest absolute Gasteiger partial charge is 0.394 e. The summed E-state index contributed by atoms with van der Waals surface area (Å²) in [5, 5.41) is 15.8. The first kappa shape index (κ1) is 6.03. The number of aliphatic hydroxyl groups is 1. The average molecular weight is 128 g/mol. The Labute approximate surface area is 52.1 Å². The van der Waals surface area contributed by atoms with Crippen LogP contribution in [0.1, 0.15) is 0 Å². The van der Waals surface area contributed by atoms with E-state index in [1.165, 1.54) is 11.0 Å². The zero-order valence-electron chi connectivity index (χ0n) is 4.86. The lowest BCUT2D eigenvalue weighted by molar-refractivity contribution is 0.261. The molecule has 0 aliphatic rings. The highest BCUT2D eigenvalue weighted by Crippen LogP contribution is 1.88. The molecule has 0 saturated heterocycles. The fraction of sp³-hybridized carbons (Fsp3) is 0.500. The van der Waals surface area contributed by atoms with Crippen molar-refractivity contribution in [3.63, 3.8) is 0 Å². The number of nitrogens with zero attached hydrogens (tertiary/aromatic N) is 3. The summed E-state index contributed by atoms with van der Waals surface area (Å²) in [5.74, 6) is 0.378. The SMILES string of the molecule is Nc1cnn(CCO)n1. The van der Waals surface area contributed by atoms with E-state index < -0.39 is 0 Å². The van der Waals surface area contributed by atoms with Gasteiger partial charge in [-0.2, -0.15) is 9.90 Å². The summed E-state index contributed by atoms with van der Waals surface area (Å²) < 4.78 is 0. The van der Waals surface area contributed by atoms with Crippen molar-refractivity contribution in [3.05, 3.63) is 6.20 Å². The molecule has 0 aliphatic carbocycles.